The molecule has 0 aliphatic carbocycles. The maximum absolute atomic E-state index is 12.0. The zero-order valence-corrected chi connectivity index (χ0v) is 10.1. The fourth-order valence-electron chi connectivity index (χ4n) is 1.21. The largest absolute Gasteiger partial charge is 0.479 e. The molecule has 0 aromatic heterocycles. The van der Waals surface area contributed by atoms with Crippen LogP contribution in [0, 0.1) is 0 Å². The number of hydrogen-bond donors (Lipinski definition) is 2. The first-order valence-corrected chi connectivity index (χ1v) is 6.39. The van der Waals surface area contributed by atoms with Crippen molar-refractivity contribution in [1.29, 1.82) is 0 Å². The Morgan fingerprint density at radius 2 is 1.83 bits per heavy atom. The van der Waals surface area contributed by atoms with Crippen molar-refractivity contribution in [2.24, 2.45) is 0 Å². The smallest absolute Gasteiger partial charge is 0.342 e. The van der Waals surface area contributed by atoms with Gasteiger partial charge in [0.2, 0.25) is 21.1 Å². The van der Waals surface area contributed by atoms with Crippen LogP contribution in [-0.2, 0) is 19.4 Å². The van der Waals surface area contributed by atoms with E-state index in [9.17, 15) is 18.0 Å². The first-order chi connectivity index (χ1) is 8.39. The lowest BCUT2D eigenvalue weighted by Gasteiger charge is -2.14. The van der Waals surface area contributed by atoms with Gasteiger partial charge < -0.3 is 10.4 Å². The average molecular weight is 269 g/mol. The number of amides is 1. The summed E-state index contributed by atoms with van der Waals surface area (Å²) in [4.78, 5) is 21.8. The van der Waals surface area contributed by atoms with Gasteiger partial charge in [-0.3, -0.25) is 4.79 Å². The molecule has 0 aliphatic rings. The van der Waals surface area contributed by atoms with Crippen molar-refractivity contribution >= 4 is 21.7 Å². The first-order valence-electron chi connectivity index (χ1n) is 4.84. The monoisotopic (exact) mass is 269 g/mol. The predicted molar refractivity (Wildman–Crippen MR) is 63.4 cm³/mol. The SMILES string of the molecule is C=CC(=O)NC(C(=O)O)S(=O)(=O)c1ccccc1. The van der Waals surface area contributed by atoms with E-state index in [1.807, 2.05) is 5.32 Å². The van der Waals surface area contributed by atoms with E-state index in [1.54, 1.807) is 6.07 Å². The maximum Gasteiger partial charge on any atom is 0.342 e. The summed E-state index contributed by atoms with van der Waals surface area (Å²) in [6.45, 7) is 3.13. The molecule has 0 saturated heterocycles. The van der Waals surface area contributed by atoms with Crippen LogP contribution in [0.1, 0.15) is 0 Å². The van der Waals surface area contributed by atoms with Gasteiger partial charge in [-0.25, -0.2) is 13.2 Å². The second-order valence-corrected chi connectivity index (χ2v) is 5.32. The number of carboxylic acids is 1. The van der Waals surface area contributed by atoms with E-state index in [-0.39, 0.29) is 4.90 Å². The van der Waals surface area contributed by atoms with Gasteiger partial charge in [-0.2, -0.15) is 0 Å². The van der Waals surface area contributed by atoms with Gasteiger partial charge in [-0.15, -0.1) is 0 Å². The molecule has 1 unspecified atom stereocenters. The fraction of sp³-hybridized carbons (Fsp3) is 0.0909. The van der Waals surface area contributed by atoms with E-state index in [0.29, 0.717) is 0 Å². The first kappa shape index (κ1) is 13.9. The van der Waals surface area contributed by atoms with Crippen LogP contribution in [0.25, 0.3) is 0 Å². The summed E-state index contributed by atoms with van der Waals surface area (Å²) >= 11 is 0. The van der Waals surface area contributed by atoms with Crippen molar-refractivity contribution in [2.45, 2.75) is 10.3 Å². The van der Waals surface area contributed by atoms with E-state index in [4.69, 9.17) is 5.11 Å². The minimum atomic E-state index is -4.18. The summed E-state index contributed by atoms with van der Waals surface area (Å²) in [6.07, 6.45) is 0.802. The van der Waals surface area contributed by atoms with Crippen molar-refractivity contribution in [2.75, 3.05) is 0 Å². The number of carbonyl (C=O) groups excluding carboxylic acids is 1. The minimum absolute atomic E-state index is 0.179. The molecule has 1 amide bonds. The number of nitrogens with one attached hydrogen (secondary N) is 1. The topological polar surface area (TPSA) is 101 Å². The third kappa shape index (κ3) is 2.95. The Labute approximate surface area is 104 Å². The molecule has 96 valence electrons. The van der Waals surface area contributed by atoms with Crippen molar-refractivity contribution in [3.63, 3.8) is 0 Å². The van der Waals surface area contributed by atoms with E-state index >= 15 is 0 Å². The third-order valence-corrected chi connectivity index (χ3v) is 3.93. The molecule has 1 atom stereocenters. The quantitative estimate of drug-likeness (QED) is 0.742. The molecule has 1 aromatic rings. The standard InChI is InChI=1S/C11H11NO5S/c1-2-9(13)12-10(11(14)15)18(16,17)8-6-4-3-5-7-8/h2-7,10H,1H2,(H,12,13)(H,14,15). The van der Waals surface area contributed by atoms with E-state index < -0.39 is 27.1 Å². The minimum Gasteiger partial charge on any atom is -0.479 e. The summed E-state index contributed by atoms with van der Waals surface area (Å²) in [7, 11) is -4.18. The van der Waals surface area contributed by atoms with Gasteiger partial charge in [-0.1, -0.05) is 24.8 Å². The van der Waals surface area contributed by atoms with E-state index in [0.717, 1.165) is 6.08 Å². The number of hydrogen-bond acceptors (Lipinski definition) is 4. The summed E-state index contributed by atoms with van der Waals surface area (Å²) in [5, 5.41) is 8.71. The van der Waals surface area contributed by atoms with Crippen molar-refractivity contribution in [3.8, 4) is 0 Å². The number of carbonyl (C=O) groups is 2. The number of sulfone groups is 1. The molecular formula is C11H11NO5S. The Bertz CT molecular complexity index is 564. The van der Waals surface area contributed by atoms with E-state index in [1.165, 1.54) is 24.3 Å². The highest BCUT2D eigenvalue weighted by Gasteiger charge is 2.34. The van der Waals surface area contributed by atoms with E-state index in [2.05, 4.69) is 6.58 Å². The molecule has 0 heterocycles. The molecule has 0 saturated carbocycles. The second kappa shape index (κ2) is 5.46. The highest BCUT2D eigenvalue weighted by atomic mass is 32.2. The Kier molecular flexibility index (Phi) is 4.22. The van der Waals surface area contributed by atoms with Crippen molar-refractivity contribution < 1.29 is 23.1 Å². The number of aliphatic carboxylic acids is 1. The molecule has 18 heavy (non-hydrogen) atoms. The molecule has 0 bridgehead atoms. The van der Waals surface area contributed by atoms with Gasteiger partial charge in [0, 0.05) is 0 Å². The molecule has 1 rings (SSSR count). The molecule has 6 nitrogen and oxygen atoms in total. The van der Waals surface area contributed by atoms with Crippen LogP contribution in [-0.4, -0.2) is 30.8 Å². The molecule has 7 heteroatoms. The van der Waals surface area contributed by atoms with Crippen LogP contribution in [0.5, 0.6) is 0 Å². The lowest BCUT2D eigenvalue weighted by Crippen LogP contribution is -2.45. The maximum atomic E-state index is 12.0. The Morgan fingerprint density at radius 1 is 1.28 bits per heavy atom. The molecule has 2 N–H and O–H groups in total. The molecule has 0 aliphatic heterocycles. The van der Waals surface area contributed by atoms with Crippen molar-refractivity contribution in [3.05, 3.63) is 43.0 Å². The summed E-state index contributed by atoms with van der Waals surface area (Å²) in [5.41, 5.74) is 0. The third-order valence-electron chi connectivity index (χ3n) is 2.07. The van der Waals surface area contributed by atoms with Gasteiger partial charge in [-0.05, 0) is 18.2 Å². The average Bonchev–Trinajstić information content (AvgIpc) is 2.36. The van der Waals surface area contributed by atoms with Gasteiger partial charge in [0.1, 0.15) is 0 Å². The van der Waals surface area contributed by atoms with Gasteiger partial charge in [0.05, 0.1) is 4.90 Å². The highest BCUT2D eigenvalue weighted by molar-refractivity contribution is 7.92. The van der Waals surface area contributed by atoms with Gasteiger partial charge in [0.25, 0.3) is 0 Å². The summed E-state index contributed by atoms with van der Waals surface area (Å²) in [6, 6.07) is 7.02. The zero-order chi connectivity index (χ0) is 13.8. The van der Waals surface area contributed by atoms with Crippen LogP contribution in [0.15, 0.2) is 47.9 Å². The lowest BCUT2D eigenvalue weighted by molar-refractivity contribution is -0.138. The van der Waals surface area contributed by atoms with Crippen LogP contribution >= 0.6 is 0 Å². The molecule has 0 radical (unpaired) electrons. The predicted octanol–water partition coefficient (Wildman–Crippen LogP) is 0.173. The van der Waals surface area contributed by atoms with Crippen LogP contribution in [0.4, 0.5) is 0 Å². The Hall–Kier alpha value is -2.15. The molecule has 0 spiro atoms. The molecular weight excluding hydrogens is 258 g/mol. The van der Waals surface area contributed by atoms with Crippen LogP contribution < -0.4 is 5.32 Å². The van der Waals surface area contributed by atoms with Crippen LogP contribution in [0.3, 0.4) is 0 Å². The normalized spacial score (nSPS) is 12.4. The lowest BCUT2D eigenvalue weighted by atomic mass is 10.4. The van der Waals surface area contributed by atoms with Gasteiger partial charge >= 0.3 is 5.97 Å². The second-order valence-electron chi connectivity index (χ2n) is 3.29. The zero-order valence-electron chi connectivity index (χ0n) is 9.24. The molecule has 0 fully saturated rings. The fourth-order valence-corrected chi connectivity index (χ4v) is 2.55. The summed E-state index contributed by atoms with van der Waals surface area (Å²) < 4.78 is 24.0. The van der Waals surface area contributed by atoms with Crippen molar-refractivity contribution in [1.82, 2.24) is 5.32 Å². The molecule has 1 aromatic carbocycles. The van der Waals surface area contributed by atoms with Crippen LogP contribution in [0.2, 0.25) is 0 Å². The Morgan fingerprint density at radius 3 is 2.28 bits per heavy atom. The number of benzene rings is 1. The van der Waals surface area contributed by atoms with Gasteiger partial charge in [0.15, 0.2) is 0 Å². The summed E-state index contributed by atoms with van der Waals surface area (Å²) in [5.74, 6) is -2.53. The Balaban J connectivity index is 3.17. The number of rotatable bonds is 5. The number of carboxylic acid groups (broad SMARTS) is 1. The highest BCUT2D eigenvalue weighted by Crippen LogP contribution is 2.14.